The van der Waals surface area contributed by atoms with E-state index in [9.17, 15) is 4.79 Å². The number of amides is 1. The third-order valence-corrected chi connectivity index (χ3v) is 4.46. The molecule has 110 valence electrons. The Hall–Kier alpha value is -1.51. The molecular weight excluding hydrogens is 248 g/mol. The van der Waals surface area contributed by atoms with Crippen molar-refractivity contribution in [3.63, 3.8) is 0 Å². The number of benzene rings is 1. The number of nitrogens with one attached hydrogen (secondary N) is 2. The summed E-state index contributed by atoms with van der Waals surface area (Å²) < 4.78 is 0. The van der Waals surface area contributed by atoms with Crippen LogP contribution >= 0.6 is 0 Å². The van der Waals surface area contributed by atoms with Crippen LogP contribution in [0.5, 0.6) is 0 Å². The summed E-state index contributed by atoms with van der Waals surface area (Å²) in [6.07, 6.45) is 6.80. The van der Waals surface area contributed by atoms with Gasteiger partial charge in [-0.1, -0.05) is 19.3 Å². The van der Waals surface area contributed by atoms with Gasteiger partial charge in [-0.2, -0.15) is 0 Å². The van der Waals surface area contributed by atoms with E-state index in [1.165, 1.54) is 32.1 Å². The van der Waals surface area contributed by atoms with Gasteiger partial charge in [0.2, 0.25) is 0 Å². The van der Waals surface area contributed by atoms with Crippen LogP contribution in [0.4, 0.5) is 5.69 Å². The summed E-state index contributed by atoms with van der Waals surface area (Å²) in [5.74, 6) is 0.752. The second kappa shape index (κ2) is 6.78. The number of hydrogen-bond donors (Lipinski definition) is 2. The van der Waals surface area contributed by atoms with Crippen LogP contribution < -0.4 is 10.6 Å². The first-order valence-corrected chi connectivity index (χ1v) is 7.71. The quantitative estimate of drug-likeness (QED) is 0.878. The standard InChI is InChI=1S/C17H26N2O/c1-12-11-15(17(20)18-3)9-10-16(12)19-13(2)14-7-5-4-6-8-14/h9-11,13-14,19H,4-8H2,1-3H3,(H,18,20). The first-order valence-electron chi connectivity index (χ1n) is 7.71. The Morgan fingerprint density at radius 2 is 1.95 bits per heavy atom. The summed E-state index contributed by atoms with van der Waals surface area (Å²) >= 11 is 0. The lowest BCUT2D eigenvalue weighted by atomic mass is 9.84. The van der Waals surface area contributed by atoms with Crippen LogP contribution in [-0.4, -0.2) is 19.0 Å². The smallest absolute Gasteiger partial charge is 0.251 e. The van der Waals surface area contributed by atoms with E-state index in [1.54, 1.807) is 7.05 Å². The summed E-state index contributed by atoms with van der Waals surface area (Å²) in [5, 5.41) is 6.29. The maximum absolute atomic E-state index is 11.6. The molecule has 1 amide bonds. The SMILES string of the molecule is CNC(=O)c1ccc(NC(C)C2CCCCC2)c(C)c1. The second-order valence-corrected chi connectivity index (χ2v) is 5.94. The van der Waals surface area contributed by atoms with Gasteiger partial charge < -0.3 is 10.6 Å². The highest BCUT2D eigenvalue weighted by molar-refractivity contribution is 5.94. The molecule has 0 aromatic heterocycles. The van der Waals surface area contributed by atoms with Crippen molar-refractivity contribution in [2.45, 2.75) is 52.0 Å². The molecule has 2 N–H and O–H groups in total. The average Bonchev–Trinajstić information content (AvgIpc) is 2.49. The summed E-state index contributed by atoms with van der Waals surface area (Å²) in [4.78, 5) is 11.6. The lowest BCUT2D eigenvalue weighted by Gasteiger charge is -2.29. The summed E-state index contributed by atoms with van der Waals surface area (Å²) in [6.45, 7) is 4.34. The second-order valence-electron chi connectivity index (χ2n) is 5.94. The molecule has 3 nitrogen and oxygen atoms in total. The Bertz CT molecular complexity index is 464. The first-order chi connectivity index (χ1) is 9.61. The van der Waals surface area contributed by atoms with Crippen LogP contribution in [0.25, 0.3) is 0 Å². The fraction of sp³-hybridized carbons (Fsp3) is 0.588. The molecule has 0 bridgehead atoms. The summed E-state index contributed by atoms with van der Waals surface area (Å²) in [7, 11) is 1.66. The molecular formula is C17H26N2O. The molecule has 1 aliphatic rings. The number of hydrogen-bond acceptors (Lipinski definition) is 2. The maximum atomic E-state index is 11.6. The Balaban J connectivity index is 2.03. The number of carbonyl (C=O) groups is 1. The molecule has 1 aliphatic carbocycles. The molecule has 0 radical (unpaired) electrons. The minimum atomic E-state index is -0.0278. The minimum Gasteiger partial charge on any atom is -0.382 e. The number of rotatable bonds is 4. The first kappa shape index (κ1) is 14.9. The molecule has 20 heavy (non-hydrogen) atoms. The van der Waals surface area contributed by atoms with Crippen LogP contribution in [-0.2, 0) is 0 Å². The van der Waals surface area contributed by atoms with Gasteiger partial charge >= 0.3 is 0 Å². The van der Waals surface area contributed by atoms with Crippen molar-refractivity contribution in [3.8, 4) is 0 Å². The largest absolute Gasteiger partial charge is 0.382 e. The van der Waals surface area contributed by atoms with Gasteiger partial charge in [-0.15, -0.1) is 0 Å². The third kappa shape index (κ3) is 3.53. The molecule has 1 aromatic rings. The van der Waals surface area contributed by atoms with Crippen molar-refractivity contribution in [2.75, 3.05) is 12.4 Å². The third-order valence-electron chi connectivity index (χ3n) is 4.46. The van der Waals surface area contributed by atoms with Crippen molar-refractivity contribution in [2.24, 2.45) is 5.92 Å². The zero-order valence-corrected chi connectivity index (χ0v) is 12.8. The van der Waals surface area contributed by atoms with Crippen LogP contribution in [0.15, 0.2) is 18.2 Å². The van der Waals surface area contributed by atoms with Crippen LogP contribution in [0.2, 0.25) is 0 Å². The van der Waals surface area contributed by atoms with Gasteiger partial charge in [0.05, 0.1) is 0 Å². The van der Waals surface area contributed by atoms with Gasteiger partial charge in [0, 0.05) is 24.3 Å². The molecule has 1 aromatic carbocycles. The lowest BCUT2D eigenvalue weighted by Crippen LogP contribution is -2.28. The Morgan fingerprint density at radius 1 is 1.25 bits per heavy atom. The van der Waals surface area contributed by atoms with Gasteiger partial charge in [0.1, 0.15) is 0 Å². The van der Waals surface area contributed by atoms with Crippen molar-refractivity contribution < 1.29 is 4.79 Å². The van der Waals surface area contributed by atoms with Gasteiger partial charge in [-0.3, -0.25) is 4.79 Å². The lowest BCUT2D eigenvalue weighted by molar-refractivity contribution is 0.0963. The average molecular weight is 274 g/mol. The van der Waals surface area contributed by atoms with Gasteiger partial charge in [0.15, 0.2) is 0 Å². The Morgan fingerprint density at radius 3 is 2.55 bits per heavy atom. The molecule has 1 fully saturated rings. The fourth-order valence-corrected chi connectivity index (χ4v) is 3.11. The molecule has 0 heterocycles. The highest BCUT2D eigenvalue weighted by Crippen LogP contribution is 2.28. The Kier molecular flexibility index (Phi) is 5.05. The zero-order valence-electron chi connectivity index (χ0n) is 12.8. The summed E-state index contributed by atoms with van der Waals surface area (Å²) in [5.41, 5.74) is 3.00. The van der Waals surface area contributed by atoms with E-state index < -0.39 is 0 Å². The van der Waals surface area contributed by atoms with Gasteiger partial charge in [-0.25, -0.2) is 0 Å². The number of carbonyl (C=O) groups excluding carboxylic acids is 1. The van der Waals surface area contributed by atoms with Gasteiger partial charge in [-0.05, 0) is 56.4 Å². The Labute approximate surface area is 122 Å². The monoisotopic (exact) mass is 274 g/mol. The molecule has 0 saturated heterocycles. The van der Waals surface area contributed by atoms with Gasteiger partial charge in [0.25, 0.3) is 5.91 Å². The zero-order chi connectivity index (χ0) is 14.5. The molecule has 2 rings (SSSR count). The van der Waals surface area contributed by atoms with E-state index in [-0.39, 0.29) is 5.91 Å². The topological polar surface area (TPSA) is 41.1 Å². The fourth-order valence-electron chi connectivity index (χ4n) is 3.11. The van der Waals surface area contributed by atoms with Crippen LogP contribution in [0, 0.1) is 12.8 Å². The van der Waals surface area contributed by atoms with Crippen LogP contribution in [0.1, 0.15) is 54.9 Å². The predicted molar refractivity (Wildman–Crippen MR) is 84.2 cm³/mol. The van der Waals surface area contributed by atoms with Crippen LogP contribution in [0.3, 0.4) is 0 Å². The van der Waals surface area contributed by atoms with E-state index >= 15 is 0 Å². The maximum Gasteiger partial charge on any atom is 0.251 e. The van der Waals surface area contributed by atoms with E-state index in [2.05, 4.69) is 24.5 Å². The number of anilines is 1. The van der Waals surface area contributed by atoms with E-state index in [1.807, 2.05) is 18.2 Å². The van der Waals surface area contributed by atoms with E-state index in [4.69, 9.17) is 0 Å². The molecule has 1 atom stereocenters. The van der Waals surface area contributed by atoms with Crippen molar-refractivity contribution in [1.82, 2.24) is 5.32 Å². The summed E-state index contributed by atoms with van der Waals surface area (Å²) in [6, 6.07) is 6.37. The van der Waals surface area contributed by atoms with E-state index in [0.29, 0.717) is 6.04 Å². The molecule has 3 heteroatoms. The molecule has 1 saturated carbocycles. The molecule has 1 unspecified atom stereocenters. The molecule has 0 aliphatic heterocycles. The van der Waals surface area contributed by atoms with Crippen molar-refractivity contribution >= 4 is 11.6 Å². The highest BCUT2D eigenvalue weighted by atomic mass is 16.1. The van der Waals surface area contributed by atoms with Crippen molar-refractivity contribution in [1.29, 1.82) is 0 Å². The predicted octanol–water partition coefficient (Wildman–Crippen LogP) is 3.74. The minimum absolute atomic E-state index is 0.0278. The number of aryl methyl sites for hydroxylation is 1. The highest BCUT2D eigenvalue weighted by Gasteiger charge is 2.20. The molecule has 0 spiro atoms. The van der Waals surface area contributed by atoms with Crippen molar-refractivity contribution in [3.05, 3.63) is 29.3 Å². The van der Waals surface area contributed by atoms with E-state index in [0.717, 1.165) is 22.7 Å². The normalized spacial score (nSPS) is 17.6.